The number of aliphatic carboxylic acids is 1. The Morgan fingerprint density at radius 2 is 1.90 bits per heavy atom. The van der Waals surface area contributed by atoms with Crippen LogP contribution in [0.15, 0.2) is 24.3 Å². The highest BCUT2D eigenvalue weighted by molar-refractivity contribution is 5.69. The molecule has 0 saturated heterocycles. The Balaban J connectivity index is 2.12. The molecular formula is C18H27NO2. The number of carbonyl (C=O) groups is 1. The lowest BCUT2D eigenvalue weighted by molar-refractivity contribution is -0.139. The van der Waals surface area contributed by atoms with Crippen molar-refractivity contribution < 1.29 is 9.90 Å². The summed E-state index contributed by atoms with van der Waals surface area (Å²) in [6, 6.07) is 9.29. The zero-order valence-electron chi connectivity index (χ0n) is 13.2. The fourth-order valence-electron chi connectivity index (χ4n) is 3.42. The van der Waals surface area contributed by atoms with Crippen LogP contribution in [0.3, 0.4) is 0 Å². The van der Waals surface area contributed by atoms with E-state index in [0.29, 0.717) is 6.04 Å². The molecule has 1 atom stereocenters. The van der Waals surface area contributed by atoms with Gasteiger partial charge in [-0.15, -0.1) is 0 Å². The normalized spacial score (nSPS) is 17.3. The number of carboxylic acids is 1. The average molecular weight is 289 g/mol. The molecule has 1 aromatic rings. The second-order valence-electron chi connectivity index (χ2n) is 6.17. The fraction of sp³-hybridized carbons (Fsp3) is 0.611. The topological polar surface area (TPSA) is 40.5 Å². The molecule has 0 bridgehead atoms. The molecule has 1 saturated carbocycles. The van der Waals surface area contributed by atoms with Gasteiger partial charge >= 0.3 is 5.97 Å². The van der Waals surface area contributed by atoms with Gasteiger partial charge in [0.2, 0.25) is 0 Å². The van der Waals surface area contributed by atoms with Gasteiger partial charge in [-0.25, -0.2) is 0 Å². The van der Waals surface area contributed by atoms with E-state index in [1.165, 1.54) is 24.0 Å². The molecule has 1 N–H and O–H groups in total. The Labute approximate surface area is 128 Å². The monoisotopic (exact) mass is 289 g/mol. The lowest BCUT2D eigenvalue weighted by atomic mass is 10.0. The summed E-state index contributed by atoms with van der Waals surface area (Å²) in [5.41, 5.74) is 2.59. The fourth-order valence-corrected chi connectivity index (χ4v) is 3.42. The van der Waals surface area contributed by atoms with Crippen molar-refractivity contribution in [1.82, 2.24) is 4.90 Å². The SMILES string of the molecule is CCCc1ccc(C(C)N(CC(=O)O)C2CCCC2)cc1. The lowest BCUT2D eigenvalue weighted by Gasteiger charge is -2.33. The van der Waals surface area contributed by atoms with E-state index in [2.05, 4.69) is 43.0 Å². The Kier molecular flexibility index (Phi) is 5.80. The molecule has 116 valence electrons. The number of hydrogen-bond donors (Lipinski definition) is 1. The van der Waals surface area contributed by atoms with E-state index in [1.54, 1.807) is 0 Å². The summed E-state index contributed by atoms with van der Waals surface area (Å²) in [4.78, 5) is 13.4. The molecule has 1 fully saturated rings. The molecule has 0 aromatic heterocycles. The number of rotatable bonds is 7. The van der Waals surface area contributed by atoms with Crippen molar-refractivity contribution in [1.29, 1.82) is 0 Å². The van der Waals surface area contributed by atoms with E-state index in [1.807, 2.05) is 0 Å². The maximum atomic E-state index is 11.2. The highest BCUT2D eigenvalue weighted by atomic mass is 16.4. The first-order valence-corrected chi connectivity index (χ1v) is 8.18. The molecule has 21 heavy (non-hydrogen) atoms. The predicted molar refractivity (Wildman–Crippen MR) is 85.4 cm³/mol. The van der Waals surface area contributed by atoms with Gasteiger partial charge in [0.15, 0.2) is 0 Å². The van der Waals surface area contributed by atoms with Gasteiger partial charge < -0.3 is 5.11 Å². The molecule has 3 heteroatoms. The van der Waals surface area contributed by atoms with Crippen molar-refractivity contribution in [3.05, 3.63) is 35.4 Å². The van der Waals surface area contributed by atoms with Gasteiger partial charge in [-0.1, -0.05) is 50.5 Å². The molecule has 0 heterocycles. The number of benzene rings is 1. The van der Waals surface area contributed by atoms with Crippen molar-refractivity contribution in [2.45, 2.75) is 64.5 Å². The van der Waals surface area contributed by atoms with Gasteiger partial charge in [-0.05, 0) is 37.3 Å². The Hall–Kier alpha value is -1.35. The molecule has 0 aliphatic heterocycles. The third kappa shape index (κ3) is 4.31. The minimum atomic E-state index is -0.726. The van der Waals surface area contributed by atoms with Crippen LogP contribution in [0.4, 0.5) is 0 Å². The molecule has 0 amide bonds. The standard InChI is InChI=1S/C18H27NO2/c1-3-6-15-9-11-16(12-10-15)14(2)19(13-18(20)21)17-7-4-5-8-17/h9-12,14,17H,3-8,13H2,1-2H3,(H,20,21). The second-order valence-corrected chi connectivity index (χ2v) is 6.17. The van der Waals surface area contributed by atoms with Crippen LogP contribution in [-0.4, -0.2) is 28.6 Å². The first-order chi connectivity index (χ1) is 10.1. The molecular weight excluding hydrogens is 262 g/mol. The van der Waals surface area contributed by atoms with Crippen LogP contribution in [0.2, 0.25) is 0 Å². The summed E-state index contributed by atoms with van der Waals surface area (Å²) in [5, 5.41) is 9.21. The summed E-state index contributed by atoms with van der Waals surface area (Å²) in [7, 11) is 0. The van der Waals surface area contributed by atoms with Crippen molar-refractivity contribution in [2.75, 3.05) is 6.54 Å². The number of hydrogen-bond acceptors (Lipinski definition) is 2. The summed E-state index contributed by atoms with van der Waals surface area (Å²) >= 11 is 0. The number of nitrogens with zero attached hydrogens (tertiary/aromatic N) is 1. The van der Waals surface area contributed by atoms with Gasteiger partial charge in [0, 0.05) is 12.1 Å². The maximum Gasteiger partial charge on any atom is 0.317 e. The number of aryl methyl sites for hydroxylation is 1. The Morgan fingerprint density at radius 1 is 1.29 bits per heavy atom. The predicted octanol–water partition coefficient (Wildman–Crippen LogP) is 4.03. The maximum absolute atomic E-state index is 11.2. The molecule has 1 unspecified atom stereocenters. The van der Waals surface area contributed by atoms with E-state index < -0.39 is 5.97 Å². The van der Waals surface area contributed by atoms with Crippen LogP contribution in [0.25, 0.3) is 0 Å². The first kappa shape index (κ1) is 16.0. The second kappa shape index (κ2) is 7.60. The first-order valence-electron chi connectivity index (χ1n) is 8.18. The summed E-state index contributed by atoms with van der Waals surface area (Å²) in [6.07, 6.45) is 6.97. The van der Waals surface area contributed by atoms with Crippen LogP contribution >= 0.6 is 0 Å². The van der Waals surface area contributed by atoms with Crippen molar-refractivity contribution >= 4 is 5.97 Å². The minimum absolute atomic E-state index is 0.141. The largest absolute Gasteiger partial charge is 0.480 e. The van der Waals surface area contributed by atoms with Crippen molar-refractivity contribution in [3.63, 3.8) is 0 Å². The minimum Gasteiger partial charge on any atom is -0.480 e. The van der Waals surface area contributed by atoms with Gasteiger partial charge in [-0.3, -0.25) is 9.69 Å². The van der Waals surface area contributed by atoms with E-state index >= 15 is 0 Å². The highest BCUT2D eigenvalue weighted by Crippen LogP contribution is 2.30. The van der Waals surface area contributed by atoms with Gasteiger partial charge in [0.1, 0.15) is 0 Å². The van der Waals surface area contributed by atoms with Crippen molar-refractivity contribution in [2.24, 2.45) is 0 Å². The molecule has 2 rings (SSSR count). The molecule has 1 aliphatic rings. The third-order valence-electron chi connectivity index (χ3n) is 4.61. The van der Waals surface area contributed by atoms with E-state index in [4.69, 9.17) is 0 Å². The number of carboxylic acid groups (broad SMARTS) is 1. The van der Waals surface area contributed by atoms with Gasteiger partial charge in [0.05, 0.1) is 6.54 Å². The van der Waals surface area contributed by atoms with Crippen LogP contribution in [0.1, 0.15) is 63.1 Å². The van der Waals surface area contributed by atoms with Gasteiger partial charge in [0.25, 0.3) is 0 Å². The summed E-state index contributed by atoms with van der Waals surface area (Å²) < 4.78 is 0. The summed E-state index contributed by atoms with van der Waals surface area (Å²) in [5.74, 6) is -0.726. The van der Waals surface area contributed by atoms with Crippen LogP contribution in [0.5, 0.6) is 0 Å². The zero-order chi connectivity index (χ0) is 15.2. The zero-order valence-corrected chi connectivity index (χ0v) is 13.2. The van der Waals surface area contributed by atoms with Crippen LogP contribution in [-0.2, 0) is 11.2 Å². The molecule has 3 nitrogen and oxygen atoms in total. The van der Waals surface area contributed by atoms with E-state index in [-0.39, 0.29) is 12.6 Å². The lowest BCUT2D eigenvalue weighted by Crippen LogP contribution is -2.39. The average Bonchev–Trinajstić information content (AvgIpc) is 2.99. The molecule has 1 aliphatic carbocycles. The highest BCUT2D eigenvalue weighted by Gasteiger charge is 2.28. The molecule has 0 radical (unpaired) electrons. The van der Waals surface area contributed by atoms with Crippen molar-refractivity contribution in [3.8, 4) is 0 Å². The molecule has 0 spiro atoms. The van der Waals surface area contributed by atoms with Crippen LogP contribution in [0, 0.1) is 0 Å². The smallest absolute Gasteiger partial charge is 0.317 e. The quantitative estimate of drug-likeness (QED) is 0.824. The summed E-state index contributed by atoms with van der Waals surface area (Å²) in [6.45, 7) is 4.46. The van der Waals surface area contributed by atoms with E-state index in [0.717, 1.165) is 25.7 Å². The third-order valence-corrected chi connectivity index (χ3v) is 4.61. The van der Waals surface area contributed by atoms with Gasteiger partial charge in [-0.2, -0.15) is 0 Å². The van der Waals surface area contributed by atoms with E-state index in [9.17, 15) is 9.90 Å². The van der Waals surface area contributed by atoms with Crippen LogP contribution < -0.4 is 0 Å². The Bertz CT molecular complexity index is 449. The Morgan fingerprint density at radius 3 is 2.43 bits per heavy atom. The molecule has 1 aromatic carbocycles.